The van der Waals surface area contributed by atoms with Crippen molar-refractivity contribution in [1.82, 2.24) is 25.3 Å². The van der Waals surface area contributed by atoms with Crippen molar-refractivity contribution in [3.05, 3.63) is 0 Å². The van der Waals surface area contributed by atoms with E-state index in [4.69, 9.17) is 23.1 Å². The summed E-state index contributed by atoms with van der Waals surface area (Å²) in [6, 6.07) is -0.455. The molecule has 46 heavy (non-hydrogen) atoms. The van der Waals surface area contributed by atoms with Crippen LogP contribution in [-0.4, -0.2) is 127 Å². The molecule has 0 aliphatic carbocycles. The van der Waals surface area contributed by atoms with Crippen LogP contribution in [0.15, 0.2) is 4.99 Å². The van der Waals surface area contributed by atoms with E-state index in [-0.39, 0.29) is 34.7 Å². The zero-order valence-corrected chi connectivity index (χ0v) is 29.0. The molecule has 6 N–H and O–H groups in total. The maximum atomic E-state index is 14.8. The third-order valence-electron chi connectivity index (χ3n) is 12.0. The molecule has 262 valence electrons. The fourth-order valence-electron chi connectivity index (χ4n) is 9.05. The van der Waals surface area contributed by atoms with E-state index in [0.29, 0.717) is 37.9 Å². The number of rotatable bonds is 10. The van der Waals surface area contributed by atoms with Crippen molar-refractivity contribution in [3.8, 4) is 0 Å². The summed E-state index contributed by atoms with van der Waals surface area (Å²) >= 11 is 6.98. The van der Waals surface area contributed by atoms with Gasteiger partial charge in [0.05, 0.1) is 29.5 Å². The van der Waals surface area contributed by atoms with Crippen LogP contribution in [0.4, 0.5) is 4.39 Å². The van der Waals surface area contributed by atoms with Gasteiger partial charge in [-0.1, -0.05) is 33.1 Å². The Balaban J connectivity index is 1.25. The lowest BCUT2D eigenvalue weighted by molar-refractivity contribution is -0.139. The number of carbonyl (C=O) groups excluding carboxylic acids is 2. The third kappa shape index (κ3) is 8.43. The van der Waals surface area contributed by atoms with Gasteiger partial charge >= 0.3 is 0 Å². The first-order chi connectivity index (χ1) is 22.1. The highest BCUT2D eigenvalue weighted by atomic mass is 35.5. The summed E-state index contributed by atoms with van der Waals surface area (Å²) in [4.78, 5) is 39.5. The van der Waals surface area contributed by atoms with Crippen molar-refractivity contribution >= 4 is 29.6 Å². The van der Waals surface area contributed by atoms with Gasteiger partial charge in [-0.15, -0.1) is 11.6 Å². The Kier molecular flexibility index (Phi) is 12.8. The van der Waals surface area contributed by atoms with Gasteiger partial charge in [0, 0.05) is 63.5 Å². The van der Waals surface area contributed by atoms with Gasteiger partial charge in [0.1, 0.15) is 6.17 Å². The van der Waals surface area contributed by atoms with Gasteiger partial charge < -0.3 is 31.9 Å². The number of fused-ring (bicyclic) bond motifs is 4. The molecular weight excluding hydrogens is 607 g/mol. The summed E-state index contributed by atoms with van der Waals surface area (Å²) in [5, 5.41) is 6.47. The molecule has 0 saturated carbocycles. The lowest BCUT2D eigenvalue weighted by atomic mass is 9.69. The number of alkyl halides is 2. The molecule has 6 aliphatic rings. The van der Waals surface area contributed by atoms with Crippen molar-refractivity contribution in [2.45, 2.75) is 126 Å². The number of hydrogen-bond donors (Lipinski definition) is 4. The van der Waals surface area contributed by atoms with Crippen LogP contribution in [0.3, 0.4) is 0 Å². The highest BCUT2D eigenvalue weighted by Crippen LogP contribution is 2.42. The zero-order valence-electron chi connectivity index (χ0n) is 28.2. The van der Waals surface area contributed by atoms with Crippen LogP contribution in [0.2, 0.25) is 0 Å². The van der Waals surface area contributed by atoms with E-state index in [1.165, 1.54) is 6.21 Å². The number of nitrogens with one attached hydrogen (secondary N) is 2. The lowest BCUT2D eigenvalue weighted by Gasteiger charge is -2.46. The van der Waals surface area contributed by atoms with E-state index in [0.717, 1.165) is 97.1 Å². The minimum atomic E-state index is -1.14. The molecule has 0 radical (unpaired) electrons. The quantitative estimate of drug-likeness (QED) is 0.208. The molecule has 12 heteroatoms. The number of nitrogens with two attached hydrogens (primary N) is 2. The molecule has 2 bridgehead atoms. The molecule has 6 rings (SSSR count). The number of unbranched alkanes of at least 4 members (excludes halogenated alkanes) is 1. The topological polar surface area (TPSA) is 132 Å². The molecule has 5 fully saturated rings. The van der Waals surface area contributed by atoms with Gasteiger partial charge in [0.2, 0.25) is 11.8 Å². The number of amides is 2. The normalized spacial score (nSPS) is 37.7. The standard InChI is InChI=1S/C34H60ClFN8O2/c1-3-5-11-34(4-2)12-6-24(36)20-40-27(19-34)29(31(37)38)32(45)41-28-22-39-21-26(35)30(28)43-15-7-23(8-16-43)33(46)44-18-17-42-13-9-25(44)10-14-42/h20,23-31,39H,3-19,21-22,37-38H2,1-2H3,(H,41,45)/b40-20-. The Morgan fingerprint density at radius 3 is 2.48 bits per heavy atom. The number of piperidine rings is 3. The van der Waals surface area contributed by atoms with Crippen molar-refractivity contribution in [1.29, 1.82) is 0 Å². The van der Waals surface area contributed by atoms with Gasteiger partial charge in [-0.3, -0.25) is 19.5 Å². The van der Waals surface area contributed by atoms with Crippen LogP contribution in [-0.2, 0) is 9.59 Å². The van der Waals surface area contributed by atoms with Gasteiger partial charge in [-0.05, 0) is 69.9 Å². The van der Waals surface area contributed by atoms with Gasteiger partial charge in [0.25, 0.3) is 0 Å². The van der Waals surface area contributed by atoms with Gasteiger partial charge in [0.15, 0.2) is 0 Å². The number of hydrogen-bond acceptors (Lipinski definition) is 8. The average Bonchev–Trinajstić information content (AvgIpc) is 3.38. The van der Waals surface area contributed by atoms with E-state index in [9.17, 15) is 14.0 Å². The summed E-state index contributed by atoms with van der Waals surface area (Å²) in [7, 11) is 0. The first-order valence-corrected chi connectivity index (χ1v) is 18.7. The average molecular weight is 667 g/mol. The highest BCUT2D eigenvalue weighted by Gasteiger charge is 2.44. The molecule has 5 saturated heterocycles. The van der Waals surface area contributed by atoms with Crippen molar-refractivity contribution in [3.63, 3.8) is 0 Å². The molecular formula is C34H60ClFN8O2. The number of aliphatic imine (C=N–C) groups is 1. The molecule has 6 aliphatic heterocycles. The zero-order chi connectivity index (χ0) is 32.8. The van der Waals surface area contributed by atoms with E-state index in [1.54, 1.807) is 0 Å². The monoisotopic (exact) mass is 666 g/mol. The van der Waals surface area contributed by atoms with Crippen LogP contribution >= 0.6 is 11.6 Å². The van der Waals surface area contributed by atoms with E-state index < -0.39 is 24.3 Å². The molecule has 7 unspecified atom stereocenters. The minimum Gasteiger partial charge on any atom is -0.350 e. The third-order valence-corrected chi connectivity index (χ3v) is 12.4. The second-order valence-corrected chi connectivity index (χ2v) is 15.4. The van der Waals surface area contributed by atoms with Crippen LogP contribution in [0.5, 0.6) is 0 Å². The fraction of sp³-hybridized carbons (Fsp3) is 0.912. The molecule has 10 nitrogen and oxygen atoms in total. The number of carbonyl (C=O) groups is 2. The highest BCUT2D eigenvalue weighted by molar-refractivity contribution is 6.21. The SMILES string of the molecule is CCCCC1(CC)CCC(F)/C=N\C(C(C(=O)NC2CNCC(Cl)C2N2CCC(C(=O)N3CCN4CCC3CC4)CC2)C(N)N)C1. The summed E-state index contributed by atoms with van der Waals surface area (Å²) in [6.07, 6.45) is 8.93. The summed E-state index contributed by atoms with van der Waals surface area (Å²) in [6.45, 7) is 11.1. The van der Waals surface area contributed by atoms with Crippen LogP contribution in [0.25, 0.3) is 0 Å². The predicted octanol–water partition coefficient (Wildman–Crippen LogP) is 2.48. The Labute approximate surface area is 280 Å². The fourth-order valence-corrected chi connectivity index (χ4v) is 9.49. The van der Waals surface area contributed by atoms with E-state index >= 15 is 0 Å². The molecule has 0 aromatic carbocycles. The Morgan fingerprint density at radius 1 is 1.07 bits per heavy atom. The molecule has 2 amide bonds. The Bertz CT molecular complexity index is 1040. The number of nitrogens with zero attached hydrogens (tertiary/aromatic N) is 4. The molecule has 0 aromatic heterocycles. The van der Waals surface area contributed by atoms with Crippen molar-refractivity contribution in [2.24, 2.45) is 33.7 Å². The Morgan fingerprint density at radius 2 is 1.80 bits per heavy atom. The van der Waals surface area contributed by atoms with Crippen LogP contribution in [0, 0.1) is 17.3 Å². The van der Waals surface area contributed by atoms with Crippen LogP contribution in [0.1, 0.15) is 84.5 Å². The van der Waals surface area contributed by atoms with Gasteiger partial charge in [-0.2, -0.15) is 0 Å². The second-order valence-electron chi connectivity index (χ2n) is 14.9. The second kappa shape index (κ2) is 16.4. The van der Waals surface area contributed by atoms with Crippen molar-refractivity contribution in [2.75, 3.05) is 52.4 Å². The largest absolute Gasteiger partial charge is 0.350 e. The number of likely N-dealkylation sites (tertiary alicyclic amines) is 1. The lowest BCUT2D eigenvalue weighted by Crippen LogP contribution is -2.67. The molecule has 6 heterocycles. The van der Waals surface area contributed by atoms with Crippen LogP contribution < -0.4 is 22.1 Å². The van der Waals surface area contributed by atoms with E-state index in [1.807, 2.05) is 0 Å². The van der Waals surface area contributed by atoms with Crippen molar-refractivity contribution < 1.29 is 14.0 Å². The summed E-state index contributed by atoms with van der Waals surface area (Å²) in [5.74, 6) is -0.667. The maximum Gasteiger partial charge on any atom is 0.228 e. The molecule has 0 aromatic rings. The Hall–Kier alpha value is -1.37. The minimum absolute atomic E-state index is 0.0367. The smallest absolute Gasteiger partial charge is 0.228 e. The summed E-state index contributed by atoms with van der Waals surface area (Å²) < 4.78 is 14.8. The molecule has 7 atom stereocenters. The predicted molar refractivity (Wildman–Crippen MR) is 183 cm³/mol. The maximum absolute atomic E-state index is 14.8. The first-order valence-electron chi connectivity index (χ1n) is 18.2. The summed E-state index contributed by atoms with van der Waals surface area (Å²) in [5.41, 5.74) is 12.6. The molecule has 0 spiro atoms. The van der Waals surface area contributed by atoms with Gasteiger partial charge in [-0.25, -0.2) is 4.39 Å². The van der Waals surface area contributed by atoms with E-state index in [2.05, 4.69) is 44.2 Å². The number of halogens is 2. The first kappa shape index (κ1) is 35.9.